The molecule has 0 N–H and O–H groups in total. The van der Waals surface area contributed by atoms with Crippen molar-refractivity contribution in [3.8, 4) is 0 Å². The Hall–Kier alpha value is -1.18. The predicted octanol–water partition coefficient (Wildman–Crippen LogP) is 0.906. The Balaban J connectivity index is 3.33. The number of rotatable bonds is 3. The molecule has 1 heterocycles. The van der Waals surface area contributed by atoms with Crippen molar-refractivity contribution in [2.24, 2.45) is 4.52 Å². The fraction of sp³-hybridized carbons (Fsp3) is 0.400. The van der Waals surface area contributed by atoms with Crippen molar-refractivity contribution in [1.29, 1.82) is 0 Å². The van der Waals surface area contributed by atoms with Crippen LogP contribution in [0.25, 0.3) is 10.4 Å². The van der Waals surface area contributed by atoms with E-state index in [0.717, 1.165) is 3.97 Å². The highest BCUT2D eigenvalue weighted by molar-refractivity contribution is 8.15. The van der Waals surface area contributed by atoms with E-state index in [0.29, 0.717) is 5.16 Å². The number of imidazole rings is 1. The van der Waals surface area contributed by atoms with Crippen LogP contribution in [0.15, 0.2) is 22.1 Å². The molecule has 0 radical (unpaired) electrons. The Kier molecular flexibility index (Phi) is 3.04. The molecule has 0 aromatic carbocycles. The van der Waals surface area contributed by atoms with Gasteiger partial charge in [0.1, 0.15) is 0 Å². The lowest BCUT2D eigenvalue weighted by Crippen LogP contribution is -2.09. The molecule has 9 heteroatoms. The lowest BCUT2D eigenvalue weighted by molar-refractivity contribution is 0.583. The first-order chi connectivity index (χ1) is 6.49. The topological polar surface area (TPSA) is 101 Å². The van der Waals surface area contributed by atoms with Gasteiger partial charge in [0.05, 0.1) is 4.52 Å². The third-order valence-electron chi connectivity index (χ3n) is 1.38. The molecule has 1 aromatic heterocycles. The van der Waals surface area contributed by atoms with Crippen LogP contribution in [0.2, 0.25) is 0 Å². The van der Waals surface area contributed by atoms with Gasteiger partial charge >= 0.3 is 10.2 Å². The van der Waals surface area contributed by atoms with E-state index >= 15 is 0 Å². The van der Waals surface area contributed by atoms with Gasteiger partial charge in [-0.2, -0.15) is 19.3 Å². The fourth-order valence-electron chi connectivity index (χ4n) is 0.862. The van der Waals surface area contributed by atoms with Crippen molar-refractivity contribution in [3.05, 3.63) is 22.8 Å². The minimum absolute atomic E-state index is 0.410. The Bertz CT molecular complexity index is 470. The van der Waals surface area contributed by atoms with Crippen molar-refractivity contribution >= 4 is 21.1 Å². The molecule has 0 aliphatic rings. The largest absolute Gasteiger partial charge is 0.330 e. The van der Waals surface area contributed by atoms with E-state index in [1.807, 2.05) is 12.5 Å². The Morgan fingerprint density at radius 3 is 2.79 bits per heavy atom. The number of thiol groups is 1. The quantitative estimate of drug-likeness (QED) is 0.364. The Morgan fingerprint density at radius 2 is 2.29 bits per heavy atom. The van der Waals surface area contributed by atoms with Gasteiger partial charge in [0.15, 0.2) is 5.16 Å². The minimum atomic E-state index is -3.96. The number of azide groups is 1. The zero-order chi connectivity index (χ0) is 10.8. The third-order valence-corrected chi connectivity index (χ3v) is 3.71. The van der Waals surface area contributed by atoms with Gasteiger partial charge < -0.3 is 0 Å². The summed E-state index contributed by atoms with van der Waals surface area (Å²) in [6.07, 6.45) is 6.35. The summed E-state index contributed by atoms with van der Waals surface area (Å²) in [5.74, 6) is 0. The third kappa shape index (κ3) is 2.00. The van der Waals surface area contributed by atoms with E-state index in [1.165, 1.54) is 12.4 Å². The molecular weight excluding hydrogens is 226 g/mol. The first kappa shape index (κ1) is 10.9. The average Bonchev–Trinajstić information content (AvgIpc) is 2.51. The van der Waals surface area contributed by atoms with Crippen molar-refractivity contribution in [2.75, 3.05) is 12.5 Å². The molecule has 1 rings (SSSR count). The molecular formula is C5H9N5O2S2. The normalized spacial score (nSPS) is 12.0. The molecule has 0 aliphatic heterocycles. The van der Waals surface area contributed by atoms with Gasteiger partial charge in [0, 0.05) is 17.3 Å². The van der Waals surface area contributed by atoms with Gasteiger partial charge in [-0.05, 0) is 18.0 Å². The summed E-state index contributed by atoms with van der Waals surface area (Å²) in [4.78, 5) is 6.15. The summed E-state index contributed by atoms with van der Waals surface area (Å²) in [6.45, 7) is 0. The highest BCUT2D eigenvalue weighted by Crippen LogP contribution is 2.27. The van der Waals surface area contributed by atoms with Crippen molar-refractivity contribution in [3.63, 3.8) is 0 Å². The minimum Gasteiger partial charge on any atom is -0.232 e. The summed E-state index contributed by atoms with van der Waals surface area (Å²) in [5, 5.41) is 0.410. The van der Waals surface area contributed by atoms with Gasteiger partial charge in [0.25, 0.3) is 0 Å². The van der Waals surface area contributed by atoms with Crippen molar-refractivity contribution < 1.29 is 8.42 Å². The van der Waals surface area contributed by atoms with Gasteiger partial charge in [-0.15, -0.1) is 0 Å². The smallest absolute Gasteiger partial charge is 0.232 e. The van der Waals surface area contributed by atoms with Gasteiger partial charge in [0.2, 0.25) is 0 Å². The zero-order valence-electron chi connectivity index (χ0n) is 7.56. The summed E-state index contributed by atoms with van der Waals surface area (Å²) in [6, 6.07) is 0. The molecule has 0 spiro atoms. The van der Waals surface area contributed by atoms with Crippen LogP contribution in [0.3, 0.4) is 0 Å². The lowest BCUT2D eigenvalue weighted by Gasteiger charge is -2.09. The number of aromatic nitrogens is 2. The summed E-state index contributed by atoms with van der Waals surface area (Å²) < 4.78 is 26.3. The predicted molar refractivity (Wildman–Crippen MR) is 54.8 cm³/mol. The van der Waals surface area contributed by atoms with E-state index in [2.05, 4.69) is 14.4 Å². The standard InChI is InChI=1S/C5H9N5O2S2/c1-13(2)5-7-3-4-10(5)14(11,12)9-8-6/h3-4,13H,1-2H3. The molecule has 1 aromatic rings. The maximum atomic E-state index is 11.3. The van der Waals surface area contributed by atoms with Crippen molar-refractivity contribution in [2.45, 2.75) is 5.16 Å². The zero-order valence-corrected chi connectivity index (χ0v) is 9.27. The lowest BCUT2D eigenvalue weighted by atomic mass is 11.0. The summed E-state index contributed by atoms with van der Waals surface area (Å²) in [7, 11) is -4.63. The second-order valence-corrected chi connectivity index (χ2v) is 6.21. The van der Waals surface area contributed by atoms with E-state index < -0.39 is 21.1 Å². The molecule has 0 bridgehead atoms. The molecule has 0 fully saturated rings. The van der Waals surface area contributed by atoms with Crippen molar-refractivity contribution in [1.82, 2.24) is 8.96 Å². The van der Waals surface area contributed by atoms with Crippen LogP contribution in [0, 0.1) is 0 Å². The van der Waals surface area contributed by atoms with Crippen LogP contribution in [0.1, 0.15) is 0 Å². The summed E-state index contributed by atoms with van der Waals surface area (Å²) in [5.41, 5.74) is 8.08. The molecule has 14 heavy (non-hydrogen) atoms. The SMILES string of the molecule is C[SH](C)c1nccn1S(=O)(=O)N=[N+]=[N-]. The molecule has 78 valence electrons. The molecule has 0 aliphatic carbocycles. The Labute approximate surface area is 83.9 Å². The molecule has 0 unspecified atom stereocenters. The molecule has 0 saturated carbocycles. The van der Waals surface area contributed by atoms with Crippen LogP contribution in [0.5, 0.6) is 0 Å². The van der Waals surface area contributed by atoms with E-state index in [1.54, 1.807) is 0 Å². The van der Waals surface area contributed by atoms with E-state index in [4.69, 9.17) is 5.53 Å². The molecule has 0 amide bonds. The van der Waals surface area contributed by atoms with Crippen LogP contribution in [0.4, 0.5) is 0 Å². The first-order valence-electron chi connectivity index (χ1n) is 3.51. The van der Waals surface area contributed by atoms with E-state index in [9.17, 15) is 8.42 Å². The second kappa shape index (κ2) is 3.91. The van der Waals surface area contributed by atoms with Gasteiger partial charge in [-0.1, -0.05) is 0 Å². The molecule has 0 atom stereocenters. The van der Waals surface area contributed by atoms with Crippen LogP contribution < -0.4 is 0 Å². The number of hydrogen-bond donors (Lipinski definition) is 1. The maximum absolute atomic E-state index is 11.3. The monoisotopic (exact) mass is 235 g/mol. The van der Waals surface area contributed by atoms with Crippen LogP contribution >= 0.6 is 10.9 Å². The first-order valence-corrected chi connectivity index (χ1v) is 7.15. The number of hydrogen-bond acceptors (Lipinski definition) is 3. The number of nitrogens with zero attached hydrogens (tertiary/aromatic N) is 5. The van der Waals surface area contributed by atoms with Crippen LogP contribution in [-0.2, 0) is 10.2 Å². The maximum Gasteiger partial charge on any atom is 0.330 e. The highest BCUT2D eigenvalue weighted by atomic mass is 32.2. The average molecular weight is 235 g/mol. The second-order valence-electron chi connectivity index (χ2n) is 2.57. The van der Waals surface area contributed by atoms with E-state index in [-0.39, 0.29) is 0 Å². The fourth-order valence-corrected chi connectivity index (χ4v) is 3.05. The summed E-state index contributed by atoms with van der Waals surface area (Å²) >= 11 is 0. The molecule has 7 nitrogen and oxygen atoms in total. The van der Waals surface area contributed by atoms with Gasteiger partial charge in [-0.25, -0.2) is 8.96 Å². The van der Waals surface area contributed by atoms with Crippen LogP contribution in [-0.4, -0.2) is 29.9 Å². The van der Waals surface area contributed by atoms with Gasteiger partial charge in [-0.3, -0.25) is 0 Å². The highest BCUT2D eigenvalue weighted by Gasteiger charge is 2.16. The molecule has 0 saturated heterocycles. The Morgan fingerprint density at radius 1 is 1.64 bits per heavy atom.